The van der Waals surface area contributed by atoms with Crippen molar-refractivity contribution in [3.63, 3.8) is 0 Å². The van der Waals surface area contributed by atoms with E-state index in [-0.39, 0.29) is 17.2 Å². The summed E-state index contributed by atoms with van der Waals surface area (Å²) in [6, 6.07) is 14.4. The number of rotatable bonds is 8. The number of amides is 1. The highest BCUT2D eigenvalue weighted by Gasteiger charge is 2.21. The van der Waals surface area contributed by atoms with E-state index < -0.39 is 28.5 Å². The van der Waals surface area contributed by atoms with Gasteiger partial charge in [0, 0.05) is 19.8 Å². The molecule has 144 valence electrons. The molecule has 0 atom stereocenters. The Morgan fingerprint density at radius 3 is 2.41 bits per heavy atom. The molecule has 0 saturated carbocycles. The largest absolute Gasteiger partial charge is 0.454 e. The molecule has 27 heavy (non-hydrogen) atoms. The molecule has 0 bridgehead atoms. The van der Waals surface area contributed by atoms with Gasteiger partial charge in [0.25, 0.3) is 15.9 Å². The third-order valence-electron chi connectivity index (χ3n) is 3.52. The number of hydrogen-bond donors (Lipinski definition) is 1. The molecule has 2 rings (SSSR count). The molecule has 8 nitrogen and oxygen atoms in total. The molecule has 0 radical (unpaired) electrons. The fourth-order valence-electron chi connectivity index (χ4n) is 2.17. The molecule has 0 unspecified atom stereocenters. The fraction of sp³-hybridized carbons (Fsp3) is 0.222. The van der Waals surface area contributed by atoms with Gasteiger partial charge in [-0.05, 0) is 30.3 Å². The maximum atomic E-state index is 12.8. The van der Waals surface area contributed by atoms with Gasteiger partial charge in [0.1, 0.15) is 6.61 Å². The number of carbonyl (C=O) groups excluding carboxylic acids is 2. The minimum Gasteiger partial charge on any atom is -0.454 e. The molecular weight excluding hydrogens is 372 g/mol. The second-order valence-corrected chi connectivity index (χ2v) is 7.45. The first kappa shape index (κ1) is 20.4. The number of carbonyl (C=O) groups is 2. The molecule has 0 fully saturated rings. The number of hydrogen-bond acceptors (Lipinski definition) is 6. The van der Waals surface area contributed by atoms with Crippen molar-refractivity contribution in [2.24, 2.45) is 0 Å². The zero-order chi connectivity index (χ0) is 19.9. The third-order valence-corrected chi connectivity index (χ3v) is 5.30. The summed E-state index contributed by atoms with van der Waals surface area (Å²) in [6.45, 7) is -0.754. The zero-order valence-corrected chi connectivity index (χ0v) is 15.7. The topological polar surface area (TPSA) is 102 Å². The first-order chi connectivity index (χ1) is 12.8. The molecular formula is C18H20N2O6S. The van der Waals surface area contributed by atoms with Crippen molar-refractivity contribution in [3.05, 3.63) is 54.6 Å². The Labute approximate surface area is 157 Å². The SMILES string of the molecule is COCC(=O)OCC(=O)Nc1cccc(S(=O)(=O)N(C)c2ccccc2)c1. The molecule has 2 aromatic rings. The summed E-state index contributed by atoms with van der Waals surface area (Å²) in [6.07, 6.45) is 0. The van der Waals surface area contributed by atoms with Crippen molar-refractivity contribution >= 4 is 33.3 Å². The predicted molar refractivity (Wildman–Crippen MR) is 99.9 cm³/mol. The van der Waals surface area contributed by atoms with Crippen LogP contribution in [0, 0.1) is 0 Å². The molecule has 1 N–H and O–H groups in total. The molecule has 0 heterocycles. The van der Waals surface area contributed by atoms with Gasteiger partial charge in [0.05, 0.1) is 10.6 Å². The van der Waals surface area contributed by atoms with Crippen molar-refractivity contribution in [2.45, 2.75) is 4.90 Å². The average molecular weight is 392 g/mol. The molecule has 0 saturated heterocycles. The van der Waals surface area contributed by atoms with Gasteiger partial charge in [-0.3, -0.25) is 9.10 Å². The zero-order valence-electron chi connectivity index (χ0n) is 14.9. The fourth-order valence-corrected chi connectivity index (χ4v) is 3.41. The number of anilines is 2. The van der Waals surface area contributed by atoms with E-state index in [1.54, 1.807) is 30.3 Å². The Kier molecular flexibility index (Phi) is 6.91. The highest BCUT2D eigenvalue weighted by molar-refractivity contribution is 7.92. The quantitative estimate of drug-likeness (QED) is 0.685. The Morgan fingerprint density at radius 2 is 1.74 bits per heavy atom. The van der Waals surface area contributed by atoms with Gasteiger partial charge in [-0.1, -0.05) is 24.3 Å². The normalized spacial score (nSPS) is 10.9. The van der Waals surface area contributed by atoms with Gasteiger partial charge in [0.2, 0.25) is 0 Å². The Bertz CT molecular complexity index is 899. The van der Waals surface area contributed by atoms with E-state index in [1.165, 1.54) is 38.4 Å². The third kappa shape index (κ3) is 5.53. The van der Waals surface area contributed by atoms with Crippen molar-refractivity contribution < 1.29 is 27.5 Å². The van der Waals surface area contributed by atoms with Crippen LogP contribution in [0.4, 0.5) is 11.4 Å². The second-order valence-electron chi connectivity index (χ2n) is 5.48. The van der Waals surface area contributed by atoms with Gasteiger partial charge in [-0.25, -0.2) is 13.2 Å². The maximum absolute atomic E-state index is 12.8. The molecule has 1 amide bonds. The summed E-state index contributed by atoms with van der Waals surface area (Å²) in [5.41, 5.74) is 0.780. The standard InChI is InChI=1S/C18H20N2O6S/c1-20(15-8-4-3-5-9-15)27(23,24)16-10-6-7-14(11-16)19-17(21)12-26-18(22)13-25-2/h3-11H,12-13H2,1-2H3,(H,19,21). The van der Waals surface area contributed by atoms with E-state index in [2.05, 4.69) is 10.1 Å². The summed E-state index contributed by atoms with van der Waals surface area (Å²) in [4.78, 5) is 23.0. The Hall–Kier alpha value is -2.91. The smallest absolute Gasteiger partial charge is 0.332 e. The van der Waals surface area contributed by atoms with Gasteiger partial charge in [-0.15, -0.1) is 0 Å². The van der Waals surface area contributed by atoms with Crippen LogP contribution in [0.15, 0.2) is 59.5 Å². The first-order valence-electron chi connectivity index (χ1n) is 7.93. The minimum atomic E-state index is -3.80. The maximum Gasteiger partial charge on any atom is 0.332 e. The highest BCUT2D eigenvalue weighted by atomic mass is 32.2. The monoisotopic (exact) mass is 392 g/mol. The van der Waals surface area contributed by atoms with Crippen molar-refractivity contribution in [3.8, 4) is 0 Å². The lowest BCUT2D eigenvalue weighted by Gasteiger charge is -2.19. The molecule has 2 aromatic carbocycles. The van der Waals surface area contributed by atoms with Gasteiger partial charge in [0.15, 0.2) is 6.61 Å². The highest BCUT2D eigenvalue weighted by Crippen LogP contribution is 2.23. The summed E-state index contributed by atoms with van der Waals surface area (Å²) in [7, 11) is -1.02. The van der Waals surface area contributed by atoms with Crippen LogP contribution >= 0.6 is 0 Å². The minimum absolute atomic E-state index is 0.0167. The summed E-state index contributed by atoms with van der Waals surface area (Å²) in [5, 5.41) is 2.49. The Morgan fingerprint density at radius 1 is 1.04 bits per heavy atom. The van der Waals surface area contributed by atoms with Crippen LogP contribution < -0.4 is 9.62 Å². The number of ether oxygens (including phenoxy) is 2. The van der Waals surface area contributed by atoms with Crippen LogP contribution in [0.2, 0.25) is 0 Å². The first-order valence-corrected chi connectivity index (χ1v) is 9.37. The van der Waals surface area contributed by atoms with Crippen LogP contribution in [0.1, 0.15) is 0 Å². The van der Waals surface area contributed by atoms with Crippen molar-refractivity contribution in [2.75, 3.05) is 37.0 Å². The number of sulfonamides is 1. The number of nitrogens with zero attached hydrogens (tertiary/aromatic N) is 1. The lowest BCUT2D eigenvalue weighted by Crippen LogP contribution is -2.27. The van der Waals surface area contributed by atoms with E-state index in [4.69, 9.17) is 4.74 Å². The van der Waals surface area contributed by atoms with Gasteiger partial charge in [-0.2, -0.15) is 0 Å². The molecule has 0 aliphatic carbocycles. The van der Waals surface area contributed by atoms with Crippen molar-refractivity contribution in [1.82, 2.24) is 0 Å². The number of esters is 1. The van der Waals surface area contributed by atoms with E-state index >= 15 is 0 Å². The summed E-state index contributed by atoms with van der Waals surface area (Å²) < 4.78 is 36.0. The number of benzene rings is 2. The van der Waals surface area contributed by atoms with Gasteiger partial charge >= 0.3 is 5.97 Å². The van der Waals surface area contributed by atoms with Crippen LogP contribution in [0.25, 0.3) is 0 Å². The van der Waals surface area contributed by atoms with E-state index in [0.29, 0.717) is 5.69 Å². The molecule has 0 aliphatic heterocycles. The van der Waals surface area contributed by atoms with Crippen LogP contribution in [-0.4, -0.2) is 47.7 Å². The van der Waals surface area contributed by atoms with Gasteiger partial charge < -0.3 is 14.8 Å². The van der Waals surface area contributed by atoms with Crippen LogP contribution in [0.3, 0.4) is 0 Å². The summed E-state index contributed by atoms with van der Waals surface area (Å²) >= 11 is 0. The number of para-hydroxylation sites is 1. The lowest BCUT2D eigenvalue weighted by atomic mass is 10.3. The van der Waals surface area contributed by atoms with E-state index in [1.807, 2.05) is 0 Å². The molecule has 0 aromatic heterocycles. The van der Waals surface area contributed by atoms with Crippen molar-refractivity contribution in [1.29, 1.82) is 0 Å². The predicted octanol–water partition coefficient (Wildman–Crippen LogP) is 1.64. The molecule has 0 aliphatic rings. The molecule has 9 heteroatoms. The number of nitrogens with one attached hydrogen (secondary N) is 1. The number of methoxy groups -OCH3 is 1. The Balaban J connectivity index is 2.10. The van der Waals surface area contributed by atoms with E-state index in [9.17, 15) is 18.0 Å². The van der Waals surface area contributed by atoms with Crippen LogP contribution in [-0.2, 0) is 29.1 Å². The second kappa shape index (κ2) is 9.15. The molecule has 0 spiro atoms. The summed E-state index contributed by atoms with van der Waals surface area (Å²) in [5.74, 6) is -1.26. The lowest BCUT2D eigenvalue weighted by molar-refractivity contribution is -0.150. The average Bonchev–Trinajstić information content (AvgIpc) is 2.67. The van der Waals surface area contributed by atoms with Crippen LogP contribution in [0.5, 0.6) is 0 Å². The van der Waals surface area contributed by atoms with E-state index in [0.717, 1.165) is 4.31 Å².